The van der Waals surface area contributed by atoms with Crippen LogP contribution < -0.4 is 0 Å². The minimum atomic E-state index is -3.47. The minimum Gasteiger partial charge on any atom is -0.419 e. The summed E-state index contributed by atoms with van der Waals surface area (Å²) in [7, 11) is -3.47. The van der Waals surface area contributed by atoms with Crippen LogP contribution in [-0.4, -0.2) is 54.0 Å². The van der Waals surface area contributed by atoms with Crippen molar-refractivity contribution in [2.45, 2.75) is 11.4 Å². The van der Waals surface area contributed by atoms with Crippen LogP contribution in [0.2, 0.25) is 0 Å². The molecule has 2 aromatic carbocycles. The predicted molar refractivity (Wildman–Crippen MR) is 100 cm³/mol. The molecule has 0 radical (unpaired) electrons. The Morgan fingerprint density at radius 2 is 1.61 bits per heavy atom. The topological polar surface area (TPSA) is 79.5 Å². The molecule has 0 N–H and O–H groups in total. The number of nitrogens with zero attached hydrogens (tertiary/aromatic N) is 4. The molecule has 0 spiro atoms. The first kappa shape index (κ1) is 18.7. The van der Waals surface area contributed by atoms with Gasteiger partial charge in [-0.15, -0.1) is 10.2 Å². The summed E-state index contributed by atoms with van der Waals surface area (Å²) in [6, 6.07) is 14.3. The first-order valence-electron chi connectivity index (χ1n) is 8.88. The van der Waals surface area contributed by atoms with Crippen LogP contribution in [0.3, 0.4) is 0 Å². The normalized spacial score (nSPS) is 16.3. The molecule has 1 aromatic heterocycles. The van der Waals surface area contributed by atoms with Crippen molar-refractivity contribution in [3.8, 4) is 11.5 Å². The fourth-order valence-corrected chi connectivity index (χ4v) is 4.53. The summed E-state index contributed by atoms with van der Waals surface area (Å²) in [6.07, 6.45) is 0. The predicted octanol–water partition coefficient (Wildman–Crippen LogP) is 2.38. The SMILES string of the molecule is O=S(=O)(c1ccccc1)N1CCN(Cc2nnc(-c3ccc(F)cc3)o2)CC1. The van der Waals surface area contributed by atoms with E-state index in [1.165, 1.54) is 16.4 Å². The Morgan fingerprint density at radius 3 is 2.29 bits per heavy atom. The van der Waals surface area contributed by atoms with Gasteiger partial charge in [0.1, 0.15) is 5.82 Å². The Morgan fingerprint density at radius 1 is 0.929 bits per heavy atom. The lowest BCUT2D eigenvalue weighted by molar-refractivity contribution is 0.168. The average Bonchev–Trinajstić information content (AvgIpc) is 3.18. The van der Waals surface area contributed by atoms with Gasteiger partial charge in [-0.05, 0) is 36.4 Å². The van der Waals surface area contributed by atoms with E-state index >= 15 is 0 Å². The molecule has 28 heavy (non-hydrogen) atoms. The molecule has 0 amide bonds. The van der Waals surface area contributed by atoms with Crippen molar-refractivity contribution in [3.05, 3.63) is 66.3 Å². The second kappa shape index (κ2) is 7.78. The molecular formula is C19H19FN4O3S. The first-order chi connectivity index (χ1) is 13.5. The summed E-state index contributed by atoms with van der Waals surface area (Å²) in [4.78, 5) is 2.38. The molecule has 7 nitrogen and oxygen atoms in total. The number of hydrogen-bond acceptors (Lipinski definition) is 6. The maximum absolute atomic E-state index is 13.0. The highest BCUT2D eigenvalue weighted by Crippen LogP contribution is 2.20. The van der Waals surface area contributed by atoms with Crippen molar-refractivity contribution in [2.24, 2.45) is 0 Å². The van der Waals surface area contributed by atoms with Gasteiger partial charge in [-0.2, -0.15) is 4.31 Å². The van der Waals surface area contributed by atoms with E-state index in [0.29, 0.717) is 55.0 Å². The Bertz CT molecular complexity index is 1030. The van der Waals surface area contributed by atoms with E-state index in [2.05, 4.69) is 15.1 Å². The van der Waals surface area contributed by atoms with Crippen molar-refractivity contribution >= 4 is 10.0 Å². The zero-order chi connectivity index (χ0) is 19.6. The maximum Gasteiger partial charge on any atom is 0.247 e. The first-order valence-corrected chi connectivity index (χ1v) is 10.3. The second-order valence-electron chi connectivity index (χ2n) is 6.50. The van der Waals surface area contributed by atoms with Gasteiger partial charge in [0.25, 0.3) is 0 Å². The van der Waals surface area contributed by atoms with E-state index in [-0.39, 0.29) is 5.82 Å². The average molecular weight is 402 g/mol. The lowest BCUT2D eigenvalue weighted by Crippen LogP contribution is -2.48. The van der Waals surface area contributed by atoms with Gasteiger partial charge >= 0.3 is 0 Å². The summed E-state index contributed by atoms with van der Waals surface area (Å²) >= 11 is 0. The van der Waals surface area contributed by atoms with E-state index < -0.39 is 10.0 Å². The summed E-state index contributed by atoms with van der Waals surface area (Å²) in [5, 5.41) is 8.04. The Labute approximate surface area is 162 Å². The van der Waals surface area contributed by atoms with Crippen LogP contribution in [0.1, 0.15) is 5.89 Å². The van der Waals surface area contributed by atoms with Crippen LogP contribution in [0.4, 0.5) is 4.39 Å². The van der Waals surface area contributed by atoms with E-state index in [9.17, 15) is 12.8 Å². The maximum atomic E-state index is 13.0. The Balaban J connectivity index is 1.37. The van der Waals surface area contributed by atoms with Crippen LogP contribution in [0.15, 0.2) is 63.9 Å². The molecule has 1 aliphatic rings. The smallest absolute Gasteiger partial charge is 0.247 e. The molecule has 0 unspecified atom stereocenters. The highest BCUT2D eigenvalue weighted by Gasteiger charge is 2.28. The molecule has 3 aromatic rings. The molecule has 0 bridgehead atoms. The standard InChI is InChI=1S/C19H19FN4O3S/c20-16-8-6-15(7-9-16)19-22-21-18(27-19)14-23-10-12-24(13-11-23)28(25,26)17-4-2-1-3-5-17/h1-9H,10-14H2. The summed E-state index contributed by atoms with van der Waals surface area (Å²) in [6.45, 7) is 2.38. The number of benzene rings is 2. The number of halogens is 1. The fraction of sp³-hybridized carbons (Fsp3) is 0.263. The number of hydrogen-bond donors (Lipinski definition) is 0. The number of aromatic nitrogens is 2. The Hall–Kier alpha value is -2.62. The summed E-state index contributed by atoms with van der Waals surface area (Å²) in [5.74, 6) is 0.450. The molecule has 9 heteroatoms. The summed E-state index contributed by atoms with van der Waals surface area (Å²) < 4.78 is 45.5. The van der Waals surface area contributed by atoms with E-state index in [1.807, 2.05) is 0 Å². The van der Waals surface area contributed by atoms with Crippen molar-refractivity contribution in [3.63, 3.8) is 0 Å². The largest absolute Gasteiger partial charge is 0.419 e. The molecule has 1 saturated heterocycles. The van der Waals surface area contributed by atoms with Crippen molar-refractivity contribution in [1.29, 1.82) is 0 Å². The second-order valence-corrected chi connectivity index (χ2v) is 8.44. The van der Waals surface area contributed by atoms with Crippen LogP contribution in [0.5, 0.6) is 0 Å². The van der Waals surface area contributed by atoms with Crippen molar-refractivity contribution in [1.82, 2.24) is 19.4 Å². The molecule has 0 saturated carbocycles. The lowest BCUT2D eigenvalue weighted by atomic mass is 10.2. The zero-order valence-corrected chi connectivity index (χ0v) is 15.8. The van der Waals surface area contributed by atoms with Crippen LogP contribution in [-0.2, 0) is 16.6 Å². The quantitative estimate of drug-likeness (QED) is 0.652. The van der Waals surface area contributed by atoms with E-state index in [4.69, 9.17) is 4.42 Å². The van der Waals surface area contributed by atoms with Gasteiger partial charge in [-0.1, -0.05) is 18.2 Å². The van der Waals surface area contributed by atoms with Crippen LogP contribution >= 0.6 is 0 Å². The highest BCUT2D eigenvalue weighted by molar-refractivity contribution is 7.89. The van der Waals surface area contributed by atoms with Crippen LogP contribution in [0, 0.1) is 5.82 Å². The van der Waals surface area contributed by atoms with Gasteiger partial charge in [0, 0.05) is 31.7 Å². The molecule has 2 heterocycles. The zero-order valence-electron chi connectivity index (χ0n) is 15.0. The van der Waals surface area contributed by atoms with E-state index in [1.54, 1.807) is 42.5 Å². The number of rotatable bonds is 5. The number of piperazine rings is 1. The monoisotopic (exact) mass is 402 g/mol. The molecule has 0 aliphatic carbocycles. The molecule has 1 aliphatic heterocycles. The number of sulfonamides is 1. The molecule has 1 fully saturated rings. The minimum absolute atomic E-state index is 0.310. The molecular weight excluding hydrogens is 383 g/mol. The van der Waals surface area contributed by atoms with Gasteiger partial charge in [-0.25, -0.2) is 12.8 Å². The lowest BCUT2D eigenvalue weighted by Gasteiger charge is -2.33. The van der Waals surface area contributed by atoms with Gasteiger partial charge in [0.15, 0.2) is 0 Å². The third-order valence-corrected chi connectivity index (χ3v) is 6.54. The van der Waals surface area contributed by atoms with Gasteiger partial charge in [0.2, 0.25) is 21.8 Å². The fourth-order valence-electron chi connectivity index (χ4n) is 3.09. The molecule has 146 valence electrons. The van der Waals surface area contributed by atoms with Crippen molar-refractivity contribution in [2.75, 3.05) is 26.2 Å². The van der Waals surface area contributed by atoms with Gasteiger partial charge in [-0.3, -0.25) is 4.90 Å². The highest BCUT2D eigenvalue weighted by atomic mass is 32.2. The van der Waals surface area contributed by atoms with Crippen LogP contribution in [0.25, 0.3) is 11.5 Å². The Kier molecular flexibility index (Phi) is 5.21. The van der Waals surface area contributed by atoms with Crippen molar-refractivity contribution < 1.29 is 17.2 Å². The third-order valence-electron chi connectivity index (χ3n) is 4.63. The summed E-state index contributed by atoms with van der Waals surface area (Å²) in [5.41, 5.74) is 0.652. The molecule has 0 atom stereocenters. The third kappa shape index (κ3) is 3.96. The van der Waals surface area contributed by atoms with E-state index in [0.717, 1.165) is 0 Å². The van der Waals surface area contributed by atoms with Gasteiger partial charge in [0.05, 0.1) is 11.4 Å². The van der Waals surface area contributed by atoms with Gasteiger partial charge < -0.3 is 4.42 Å². The molecule has 4 rings (SSSR count).